The van der Waals surface area contributed by atoms with Gasteiger partial charge in [-0.1, -0.05) is 6.07 Å². The number of anilines is 3. The van der Waals surface area contributed by atoms with E-state index in [0.29, 0.717) is 10.7 Å². The van der Waals surface area contributed by atoms with Crippen molar-refractivity contribution in [2.45, 2.75) is 18.0 Å². The fourth-order valence-electron chi connectivity index (χ4n) is 2.05. The molecule has 1 heterocycles. The first kappa shape index (κ1) is 18.9. The summed E-state index contributed by atoms with van der Waals surface area (Å²) in [7, 11) is 0. The topological polar surface area (TPSA) is 160 Å². The van der Waals surface area contributed by atoms with Gasteiger partial charge >= 0.3 is 0 Å². The van der Waals surface area contributed by atoms with Gasteiger partial charge in [-0.15, -0.1) is 11.8 Å². The van der Waals surface area contributed by atoms with Gasteiger partial charge in [0.1, 0.15) is 22.7 Å². The average Bonchev–Trinajstić information content (AvgIpc) is 2.61. The summed E-state index contributed by atoms with van der Waals surface area (Å²) in [5, 5.41) is 25.8. The number of nitro benzene ring substituents is 1. The minimum atomic E-state index is -0.752. The van der Waals surface area contributed by atoms with E-state index in [1.54, 1.807) is 19.2 Å². The van der Waals surface area contributed by atoms with Gasteiger partial charge in [-0.3, -0.25) is 14.9 Å². The monoisotopic (exact) mass is 373 g/mol. The van der Waals surface area contributed by atoms with Crippen LogP contribution in [0.5, 0.6) is 0 Å². The summed E-state index contributed by atoms with van der Waals surface area (Å²) in [4.78, 5) is 30.5. The minimum Gasteiger partial charge on any atom is -0.374 e. The Morgan fingerprint density at radius 1 is 1.46 bits per heavy atom. The molecule has 0 saturated carbocycles. The van der Waals surface area contributed by atoms with Gasteiger partial charge in [0.25, 0.3) is 5.69 Å². The van der Waals surface area contributed by atoms with Crippen molar-refractivity contribution < 1.29 is 9.72 Å². The van der Waals surface area contributed by atoms with Gasteiger partial charge in [0.2, 0.25) is 11.9 Å². The van der Waals surface area contributed by atoms with E-state index in [9.17, 15) is 20.2 Å². The minimum absolute atomic E-state index is 0.0158. The Morgan fingerprint density at radius 2 is 2.19 bits per heavy atom. The molecule has 0 aliphatic heterocycles. The highest BCUT2D eigenvalue weighted by molar-refractivity contribution is 7.98. The molecule has 0 radical (unpaired) electrons. The standard InChI is InChI=1S/C15H15N7O3S/c1-8(18-9-4-3-5-10(6-9)22(24)25)13(23)19-12-11(7-16)14(26-2)21-15(17)20-12/h3-6,8,18H,1-2H3,(H3,17,19,20,21,23)/t8-/m0/s1. The molecule has 2 rings (SSSR count). The molecule has 10 nitrogen and oxygen atoms in total. The van der Waals surface area contributed by atoms with Crippen molar-refractivity contribution in [1.82, 2.24) is 9.97 Å². The molecule has 1 aromatic heterocycles. The van der Waals surface area contributed by atoms with Gasteiger partial charge in [0, 0.05) is 17.8 Å². The molecule has 0 unspecified atom stereocenters. The number of carbonyl (C=O) groups excluding carboxylic acids is 1. The second kappa shape index (κ2) is 8.13. The van der Waals surface area contributed by atoms with E-state index in [0.717, 1.165) is 0 Å². The number of hydrogen-bond acceptors (Lipinski definition) is 9. The predicted molar refractivity (Wildman–Crippen MR) is 97.8 cm³/mol. The summed E-state index contributed by atoms with van der Waals surface area (Å²) in [5.74, 6) is -0.539. The van der Waals surface area contributed by atoms with Gasteiger partial charge < -0.3 is 16.4 Å². The molecule has 2 aromatic rings. The third-order valence-corrected chi connectivity index (χ3v) is 3.96. The zero-order chi connectivity index (χ0) is 19.3. The lowest BCUT2D eigenvalue weighted by Crippen LogP contribution is -2.32. The Bertz CT molecular complexity index is 897. The lowest BCUT2D eigenvalue weighted by atomic mass is 10.2. The molecule has 1 aromatic carbocycles. The van der Waals surface area contributed by atoms with E-state index in [2.05, 4.69) is 20.6 Å². The molecular formula is C15H15N7O3S. The molecule has 134 valence electrons. The highest BCUT2D eigenvalue weighted by atomic mass is 32.2. The maximum absolute atomic E-state index is 12.4. The lowest BCUT2D eigenvalue weighted by Gasteiger charge is -2.16. The fourth-order valence-corrected chi connectivity index (χ4v) is 2.58. The van der Waals surface area contributed by atoms with Gasteiger partial charge in [-0.2, -0.15) is 10.2 Å². The predicted octanol–water partition coefficient (Wildman–Crippen LogP) is 2.00. The molecule has 0 aliphatic carbocycles. The SMILES string of the molecule is CSc1nc(N)nc(NC(=O)[C@H](C)Nc2cccc([N+](=O)[O-])c2)c1C#N. The third kappa shape index (κ3) is 4.37. The van der Waals surface area contributed by atoms with E-state index in [1.807, 2.05) is 6.07 Å². The number of aromatic nitrogens is 2. The molecule has 1 atom stereocenters. The maximum atomic E-state index is 12.4. The fraction of sp³-hybridized carbons (Fsp3) is 0.200. The number of thioether (sulfide) groups is 1. The Labute approximate surface area is 153 Å². The average molecular weight is 373 g/mol. The van der Waals surface area contributed by atoms with Crippen molar-refractivity contribution in [2.24, 2.45) is 0 Å². The zero-order valence-electron chi connectivity index (χ0n) is 13.9. The number of rotatable bonds is 6. The number of hydrogen-bond donors (Lipinski definition) is 3. The number of non-ortho nitro benzene ring substituents is 1. The first-order valence-electron chi connectivity index (χ1n) is 7.29. The van der Waals surface area contributed by atoms with Crippen LogP contribution in [0.2, 0.25) is 0 Å². The molecule has 0 spiro atoms. The van der Waals surface area contributed by atoms with Crippen molar-refractivity contribution in [1.29, 1.82) is 5.26 Å². The quantitative estimate of drug-likeness (QED) is 0.298. The molecule has 1 amide bonds. The van der Waals surface area contributed by atoms with Gasteiger partial charge in [0.15, 0.2) is 5.82 Å². The Kier molecular flexibility index (Phi) is 5.92. The molecule has 4 N–H and O–H groups in total. The van der Waals surface area contributed by atoms with E-state index < -0.39 is 16.9 Å². The van der Waals surface area contributed by atoms with Gasteiger partial charge in [-0.25, -0.2) is 4.98 Å². The summed E-state index contributed by atoms with van der Waals surface area (Å²) in [6, 6.07) is 6.97. The van der Waals surface area contributed by atoms with Crippen molar-refractivity contribution in [3.05, 3.63) is 39.9 Å². The number of nitrogens with zero attached hydrogens (tertiary/aromatic N) is 4. The molecular weight excluding hydrogens is 358 g/mol. The number of carbonyl (C=O) groups is 1. The number of nitro groups is 1. The lowest BCUT2D eigenvalue weighted by molar-refractivity contribution is -0.384. The van der Waals surface area contributed by atoms with E-state index in [1.165, 1.54) is 30.0 Å². The molecule has 0 aliphatic rings. The molecule has 11 heteroatoms. The van der Waals surface area contributed by atoms with Crippen molar-refractivity contribution in [3.8, 4) is 6.07 Å². The normalized spacial score (nSPS) is 11.3. The number of nitrogens with two attached hydrogens (primary N) is 1. The van der Waals surface area contributed by atoms with Crippen LogP contribution in [0.15, 0.2) is 29.3 Å². The number of nitrogen functional groups attached to an aromatic ring is 1. The van der Waals surface area contributed by atoms with Gasteiger partial charge in [0.05, 0.1) is 4.92 Å². The van der Waals surface area contributed by atoms with Crippen molar-refractivity contribution in [3.63, 3.8) is 0 Å². The van der Waals surface area contributed by atoms with Crippen LogP contribution in [-0.2, 0) is 4.79 Å². The summed E-state index contributed by atoms with van der Waals surface area (Å²) in [6.45, 7) is 1.57. The third-order valence-electron chi connectivity index (χ3n) is 3.27. The smallest absolute Gasteiger partial charge is 0.271 e. The largest absolute Gasteiger partial charge is 0.374 e. The second-order valence-corrected chi connectivity index (χ2v) is 5.88. The number of amides is 1. The first-order valence-corrected chi connectivity index (χ1v) is 8.51. The first-order chi connectivity index (χ1) is 12.3. The number of nitriles is 1. The maximum Gasteiger partial charge on any atom is 0.271 e. The zero-order valence-corrected chi connectivity index (χ0v) is 14.7. The van der Waals surface area contributed by atoms with E-state index >= 15 is 0 Å². The summed E-state index contributed by atoms with van der Waals surface area (Å²) < 4.78 is 0. The van der Waals surface area contributed by atoms with Crippen LogP contribution in [0, 0.1) is 21.4 Å². The van der Waals surface area contributed by atoms with Crippen LogP contribution in [0.3, 0.4) is 0 Å². The Balaban J connectivity index is 2.18. The van der Waals surface area contributed by atoms with Crippen LogP contribution in [0.1, 0.15) is 12.5 Å². The number of nitrogens with one attached hydrogen (secondary N) is 2. The Hall–Kier alpha value is -3.39. The van der Waals surface area contributed by atoms with Crippen LogP contribution in [-0.4, -0.2) is 33.1 Å². The van der Waals surface area contributed by atoms with E-state index in [4.69, 9.17) is 5.73 Å². The number of benzene rings is 1. The Morgan fingerprint density at radius 3 is 2.81 bits per heavy atom. The molecule has 0 saturated heterocycles. The summed E-state index contributed by atoms with van der Waals surface area (Å²) in [5.41, 5.74) is 6.03. The summed E-state index contributed by atoms with van der Waals surface area (Å²) in [6.07, 6.45) is 1.72. The molecule has 0 fully saturated rings. The molecule has 0 bridgehead atoms. The summed E-state index contributed by atoms with van der Waals surface area (Å²) >= 11 is 1.21. The van der Waals surface area contributed by atoms with Crippen LogP contribution >= 0.6 is 11.8 Å². The van der Waals surface area contributed by atoms with Gasteiger partial charge in [-0.05, 0) is 19.2 Å². The van der Waals surface area contributed by atoms with Crippen LogP contribution < -0.4 is 16.4 Å². The molecule has 26 heavy (non-hydrogen) atoms. The highest BCUT2D eigenvalue weighted by Gasteiger charge is 2.19. The highest BCUT2D eigenvalue weighted by Crippen LogP contribution is 2.24. The van der Waals surface area contributed by atoms with Crippen molar-refractivity contribution in [2.75, 3.05) is 22.6 Å². The van der Waals surface area contributed by atoms with E-state index in [-0.39, 0.29) is 23.0 Å². The second-order valence-electron chi connectivity index (χ2n) is 5.09. The van der Waals surface area contributed by atoms with Crippen molar-refractivity contribution >= 4 is 40.8 Å². The van der Waals surface area contributed by atoms with Crippen LogP contribution in [0.4, 0.5) is 23.1 Å². The van der Waals surface area contributed by atoms with Crippen LogP contribution in [0.25, 0.3) is 0 Å².